The smallest absolute Gasteiger partial charge is 0.261 e. The first-order valence-corrected chi connectivity index (χ1v) is 9.48. The topological polar surface area (TPSA) is 81.8 Å². The Hall–Kier alpha value is -3.74. The highest BCUT2D eigenvalue weighted by molar-refractivity contribution is 5.90. The summed E-state index contributed by atoms with van der Waals surface area (Å²) in [5.41, 5.74) is 2.44. The van der Waals surface area contributed by atoms with E-state index in [0.29, 0.717) is 36.8 Å². The Morgan fingerprint density at radius 1 is 1.07 bits per heavy atom. The lowest BCUT2D eigenvalue weighted by molar-refractivity contribution is -0.116. The molecule has 0 aliphatic carbocycles. The number of rotatable bonds is 7. The monoisotopic (exact) mass is 387 g/mol. The lowest BCUT2D eigenvalue weighted by atomic mass is 10.2. The number of aromatic nitrogens is 4. The first kappa shape index (κ1) is 18.6. The van der Waals surface area contributed by atoms with Crippen LogP contribution in [-0.4, -0.2) is 25.0 Å². The summed E-state index contributed by atoms with van der Waals surface area (Å²) in [5.74, 6) is -0.0772. The molecule has 29 heavy (non-hydrogen) atoms. The van der Waals surface area contributed by atoms with E-state index in [-0.39, 0.29) is 11.5 Å². The van der Waals surface area contributed by atoms with E-state index < -0.39 is 0 Å². The fraction of sp³-hybridized carbons (Fsp3) is 0.182. The van der Waals surface area contributed by atoms with Crippen LogP contribution in [0.2, 0.25) is 0 Å². The van der Waals surface area contributed by atoms with Gasteiger partial charge in [-0.3, -0.25) is 14.2 Å². The summed E-state index contributed by atoms with van der Waals surface area (Å²) in [4.78, 5) is 33.1. The van der Waals surface area contributed by atoms with Crippen molar-refractivity contribution in [3.63, 3.8) is 0 Å². The van der Waals surface area contributed by atoms with Crippen LogP contribution in [0.3, 0.4) is 0 Å². The standard InChI is InChI=1S/C22H21N5O2/c28-21(25-18-6-3-5-17(13-18)14-26-12-10-23-15-26)9-4-11-27-16-24-20-8-2-1-7-19(20)22(27)29/h1-3,5-8,10,12-13,15-16H,4,9,11,14H2,(H,25,28). The van der Waals surface area contributed by atoms with Crippen LogP contribution < -0.4 is 10.9 Å². The molecule has 1 N–H and O–H groups in total. The summed E-state index contributed by atoms with van der Waals surface area (Å²) in [6.45, 7) is 1.15. The third kappa shape index (κ3) is 4.57. The molecule has 2 aromatic carbocycles. The van der Waals surface area contributed by atoms with Crippen molar-refractivity contribution in [2.24, 2.45) is 0 Å². The predicted octanol–water partition coefficient (Wildman–Crippen LogP) is 3.06. The van der Waals surface area contributed by atoms with Crippen molar-refractivity contribution in [2.45, 2.75) is 25.9 Å². The first-order chi connectivity index (χ1) is 14.2. The normalized spacial score (nSPS) is 10.9. The minimum absolute atomic E-state index is 0.0772. The van der Waals surface area contributed by atoms with Gasteiger partial charge in [-0.25, -0.2) is 9.97 Å². The van der Waals surface area contributed by atoms with E-state index in [0.717, 1.165) is 11.3 Å². The first-order valence-electron chi connectivity index (χ1n) is 9.48. The van der Waals surface area contributed by atoms with E-state index >= 15 is 0 Å². The van der Waals surface area contributed by atoms with Gasteiger partial charge in [0.15, 0.2) is 0 Å². The minimum atomic E-state index is -0.0804. The average molecular weight is 387 g/mol. The molecule has 0 radical (unpaired) electrons. The van der Waals surface area contributed by atoms with Gasteiger partial charge >= 0.3 is 0 Å². The molecule has 0 saturated carbocycles. The molecule has 0 saturated heterocycles. The van der Waals surface area contributed by atoms with Crippen molar-refractivity contribution in [3.8, 4) is 0 Å². The van der Waals surface area contributed by atoms with Gasteiger partial charge in [-0.05, 0) is 36.2 Å². The number of amides is 1. The summed E-state index contributed by atoms with van der Waals surface area (Å²) in [5, 5.41) is 3.52. The summed E-state index contributed by atoms with van der Waals surface area (Å²) < 4.78 is 3.53. The van der Waals surface area contributed by atoms with E-state index in [4.69, 9.17) is 0 Å². The molecule has 2 aromatic heterocycles. The van der Waals surface area contributed by atoms with Gasteiger partial charge in [-0.1, -0.05) is 24.3 Å². The summed E-state index contributed by atoms with van der Waals surface area (Å²) in [6.07, 6.45) is 7.82. The van der Waals surface area contributed by atoms with Gasteiger partial charge in [0.2, 0.25) is 5.91 Å². The Morgan fingerprint density at radius 2 is 1.97 bits per heavy atom. The van der Waals surface area contributed by atoms with E-state index in [9.17, 15) is 9.59 Å². The lowest BCUT2D eigenvalue weighted by Crippen LogP contribution is -2.21. The molecule has 0 spiro atoms. The van der Waals surface area contributed by atoms with Gasteiger partial charge in [-0.15, -0.1) is 0 Å². The third-order valence-electron chi connectivity index (χ3n) is 4.67. The van der Waals surface area contributed by atoms with E-state index in [1.807, 2.05) is 53.2 Å². The molecule has 7 nitrogen and oxygen atoms in total. The number of benzene rings is 2. The van der Waals surface area contributed by atoms with E-state index in [2.05, 4.69) is 15.3 Å². The number of aryl methyl sites for hydroxylation is 1. The number of nitrogens with zero attached hydrogens (tertiary/aromatic N) is 4. The second kappa shape index (κ2) is 8.52. The molecule has 1 amide bonds. The Kier molecular flexibility index (Phi) is 5.47. The van der Waals surface area contributed by atoms with E-state index in [1.54, 1.807) is 29.5 Å². The maximum Gasteiger partial charge on any atom is 0.261 e. The van der Waals surface area contributed by atoms with Gasteiger partial charge in [0.25, 0.3) is 5.56 Å². The number of anilines is 1. The minimum Gasteiger partial charge on any atom is -0.333 e. The molecular weight excluding hydrogens is 366 g/mol. The maximum atomic E-state index is 12.5. The zero-order chi connectivity index (χ0) is 20.1. The van der Waals surface area contributed by atoms with Crippen LogP contribution in [-0.2, 0) is 17.9 Å². The molecule has 146 valence electrons. The molecule has 0 atom stereocenters. The maximum absolute atomic E-state index is 12.5. The number of fused-ring (bicyclic) bond motifs is 1. The molecule has 0 aliphatic heterocycles. The fourth-order valence-corrected chi connectivity index (χ4v) is 3.24. The number of carbonyl (C=O) groups is 1. The Morgan fingerprint density at radius 3 is 2.83 bits per heavy atom. The molecule has 2 heterocycles. The Labute approximate surface area is 167 Å². The molecule has 0 aliphatic rings. The largest absolute Gasteiger partial charge is 0.333 e. The lowest BCUT2D eigenvalue weighted by Gasteiger charge is -2.09. The van der Waals surface area contributed by atoms with Crippen LogP contribution in [0.5, 0.6) is 0 Å². The fourth-order valence-electron chi connectivity index (χ4n) is 3.24. The quantitative estimate of drug-likeness (QED) is 0.528. The number of imidazole rings is 1. The van der Waals surface area contributed by atoms with Crippen molar-refractivity contribution in [3.05, 3.63) is 89.5 Å². The molecule has 4 rings (SSSR count). The number of hydrogen-bond donors (Lipinski definition) is 1. The highest BCUT2D eigenvalue weighted by Gasteiger charge is 2.06. The zero-order valence-electron chi connectivity index (χ0n) is 15.9. The number of carbonyl (C=O) groups excluding carboxylic acids is 1. The molecule has 0 fully saturated rings. The number of hydrogen-bond acceptors (Lipinski definition) is 4. The SMILES string of the molecule is O=C(CCCn1cnc2ccccc2c1=O)Nc1cccc(Cn2ccnc2)c1. The van der Waals surface area contributed by atoms with Gasteiger partial charge < -0.3 is 9.88 Å². The van der Waals surface area contributed by atoms with Crippen LogP contribution in [0, 0.1) is 0 Å². The predicted molar refractivity (Wildman–Crippen MR) is 112 cm³/mol. The van der Waals surface area contributed by atoms with Crippen LogP contribution >= 0.6 is 0 Å². The molecule has 7 heteroatoms. The van der Waals surface area contributed by atoms with Crippen LogP contribution in [0.1, 0.15) is 18.4 Å². The van der Waals surface area contributed by atoms with Gasteiger partial charge in [-0.2, -0.15) is 0 Å². The van der Waals surface area contributed by atoms with Crippen molar-refractivity contribution < 1.29 is 4.79 Å². The van der Waals surface area contributed by atoms with Gasteiger partial charge in [0, 0.05) is 37.6 Å². The highest BCUT2D eigenvalue weighted by atomic mass is 16.1. The molecule has 0 unspecified atom stereocenters. The molecule has 0 bridgehead atoms. The van der Waals surface area contributed by atoms with Crippen molar-refractivity contribution >= 4 is 22.5 Å². The van der Waals surface area contributed by atoms with Crippen LogP contribution in [0.25, 0.3) is 10.9 Å². The van der Waals surface area contributed by atoms with Gasteiger partial charge in [0.05, 0.1) is 23.6 Å². The second-order valence-electron chi connectivity index (χ2n) is 6.85. The zero-order valence-corrected chi connectivity index (χ0v) is 15.9. The summed E-state index contributed by atoms with van der Waals surface area (Å²) in [7, 11) is 0. The Balaban J connectivity index is 1.33. The van der Waals surface area contributed by atoms with Crippen molar-refractivity contribution in [2.75, 3.05) is 5.32 Å². The molecular formula is C22H21N5O2. The summed E-state index contributed by atoms with van der Waals surface area (Å²) >= 11 is 0. The average Bonchev–Trinajstić information content (AvgIpc) is 3.23. The van der Waals surface area contributed by atoms with Crippen LogP contribution in [0.4, 0.5) is 5.69 Å². The van der Waals surface area contributed by atoms with Crippen molar-refractivity contribution in [1.82, 2.24) is 19.1 Å². The van der Waals surface area contributed by atoms with Crippen LogP contribution in [0.15, 0.2) is 78.4 Å². The highest BCUT2D eigenvalue weighted by Crippen LogP contribution is 2.13. The number of para-hydroxylation sites is 1. The molecule has 4 aromatic rings. The Bertz CT molecular complexity index is 1180. The third-order valence-corrected chi connectivity index (χ3v) is 4.67. The second-order valence-corrected chi connectivity index (χ2v) is 6.85. The summed E-state index contributed by atoms with van der Waals surface area (Å²) in [6, 6.07) is 15.0. The van der Waals surface area contributed by atoms with Crippen molar-refractivity contribution in [1.29, 1.82) is 0 Å². The number of nitrogens with one attached hydrogen (secondary N) is 1. The van der Waals surface area contributed by atoms with Gasteiger partial charge in [0.1, 0.15) is 0 Å². The van der Waals surface area contributed by atoms with E-state index in [1.165, 1.54) is 0 Å².